The van der Waals surface area contributed by atoms with Gasteiger partial charge in [-0.25, -0.2) is 0 Å². The van der Waals surface area contributed by atoms with Gasteiger partial charge >= 0.3 is 0 Å². The van der Waals surface area contributed by atoms with Crippen LogP contribution in [-0.2, 0) is 6.42 Å². The van der Waals surface area contributed by atoms with E-state index in [2.05, 4.69) is 35.5 Å². The zero-order valence-electron chi connectivity index (χ0n) is 10.4. The summed E-state index contributed by atoms with van der Waals surface area (Å²) in [6.07, 6.45) is 4.78. The molecule has 3 nitrogen and oxygen atoms in total. The molecular formula is C12H21N3S. The molecule has 1 aliphatic carbocycles. The summed E-state index contributed by atoms with van der Waals surface area (Å²) in [7, 11) is 0. The molecule has 0 aromatic carbocycles. The maximum Gasteiger partial charge on any atom is 0.195 e. The Morgan fingerprint density at radius 3 is 2.50 bits per heavy atom. The largest absolute Gasteiger partial charge is 0.301 e. The van der Waals surface area contributed by atoms with Gasteiger partial charge in [0.05, 0.1) is 0 Å². The van der Waals surface area contributed by atoms with Crippen LogP contribution in [-0.4, -0.2) is 14.8 Å². The van der Waals surface area contributed by atoms with Gasteiger partial charge in [-0.15, -0.1) is 0 Å². The molecule has 0 bridgehead atoms. The second kappa shape index (κ2) is 4.70. The van der Waals surface area contributed by atoms with E-state index in [1.807, 2.05) is 0 Å². The Hall–Kier alpha value is -0.640. The summed E-state index contributed by atoms with van der Waals surface area (Å²) >= 11 is 5.34. The van der Waals surface area contributed by atoms with Gasteiger partial charge in [-0.05, 0) is 43.3 Å². The first-order chi connectivity index (χ1) is 7.61. The Morgan fingerprint density at radius 1 is 1.31 bits per heavy atom. The SMILES string of the molecule is CCc1n[nH]c(=S)n1C1CC(C)CC(C)C1. The van der Waals surface area contributed by atoms with Crippen LogP contribution in [0.5, 0.6) is 0 Å². The monoisotopic (exact) mass is 239 g/mol. The Kier molecular flexibility index (Phi) is 3.47. The van der Waals surface area contributed by atoms with Crippen molar-refractivity contribution in [3.63, 3.8) is 0 Å². The Morgan fingerprint density at radius 2 is 1.94 bits per heavy atom. The smallest absolute Gasteiger partial charge is 0.195 e. The highest BCUT2D eigenvalue weighted by molar-refractivity contribution is 7.71. The maximum atomic E-state index is 5.34. The van der Waals surface area contributed by atoms with Crippen LogP contribution in [0, 0.1) is 16.6 Å². The molecule has 1 aliphatic rings. The maximum absolute atomic E-state index is 5.34. The van der Waals surface area contributed by atoms with Gasteiger partial charge in [-0.3, -0.25) is 5.10 Å². The van der Waals surface area contributed by atoms with E-state index in [0.717, 1.165) is 28.9 Å². The molecule has 16 heavy (non-hydrogen) atoms. The van der Waals surface area contributed by atoms with Gasteiger partial charge in [0, 0.05) is 12.5 Å². The van der Waals surface area contributed by atoms with Crippen LogP contribution in [0.25, 0.3) is 0 Å². The number of aromatic nitrogens is 3. The van der Waals surface area contributed by atoms with E-state index in [1.54, 1.807) is 0 Å². The van der Waals surface area contributed by atoms with Crippen molar-refractivity contribution in [1.82, 2.24) is 14.8 Å². The van der Waals surface area contributed by atoms with Crippen LogP contribution in [0.4, 0.5) is 0 Å². The van der Waals surface area contributed by atoms with Crippen molar-refractivity contribution in [1.29, 1.82) is 0 Å². The third-order valence-corrected chi connectivity index (χ3v) is 3.90. The molecule has 0 saturated heterocycles. The van der Waals surface area contributed by atoms with Crippen LogP contribution in [0.2, 0.25) is 0 Å². The van der Waals surface area contributed by atoms with Crippen LogP contribution in [0.15, 0.2) is 0 Å². The lowest BCUT2D eigenvalue weighted by Gasteiger charge is -2.32. The lowest BCUT2D eigenvalue weighted by Crippen LogP contribution is -2.24. The lowest BCUT2D eigenvalue weighted by molar-refractivity contribution is 0.217. The quantitative estimate of drug-likeness (QED) is 0.801. The Bertz CT molecular complexity index is 397. The van der Waals surface area contributed by atoms with Crippen molar-refractivity contribution in [2.45, 2.75) is 52.5 Å². The first kappa shape index (κ1) is 11.8. The van der Waals surface area contributed by atoms with E-state index < -0.39 is 0 Å². The molecule has 1 saturated carbocycles. The minimum absolute atomic E-state index is 0.556. The highest BCUT2D eigenvalue weighted by Crippen LogP contribution is 2.36. The van der Waals surface area contributed by atoms with Crippen molar-refractivity contribution >= 4 is 12.2 Å². The summed E-state index contributed by atoms with van der Waals surface area (Å²) in [5.41, 5.74) is 0. The normalized spacial score (nSPS) is 30.6. The number of aryl methyl sites for hydroxylation is 1. The molecule has 1 heterocycles. The fourth-order valence-corrected chi connectivity index (χ4v) is 3.38. The number of aromatic amines is 1. The summed E-state index contributed by atoms with van der Waals surface area (Å²) < 4.78 is 3.05. The fraction of sp³-hybridized carbons (Fsp3) is 0.833. The molecule has 0 radical (unpaired) electrons. The predicted molar refractivity (Wildman–Crippen MR) is 68.0 cm³/mol. The first-order valence-electron chi connectivity index (χ1n) is 6.27. The molecule has 1 aromatic rings. The van der Waals surface area contributed by atoms with E-state index >= 15 is 0 Å². The van der Waals surface area contributed by atoms with Gasteiger partial charge < -0.3 is 4.57 Å². The second-order valence-corrected chi connectivity index (χ2v) is 5.63. The van der Waals surface area contributed by atoms with Crippen LogP contribution in [0.3, 0.4) is 0 Å². The van der Waals surface area contributed by atoms with E-state index in [-0.39, 0.29) is 0 Å². The minimum atomic E-state index is 0.556. The molecule has 1 fully saturated rings. The number of hydrogen-bond donors (Lipinski definition) is 1. The molecule has 1 aromatic heterocycles. The minimum Gasteiger partial charge on any atom is -0.301 e. The number of rotatable bonds is 2. The summed E-state index contributed by atoms with van der Waals surface area (Å²) in [5, 5.41) is 7.24. The topological polar surface area (TPSA) is 33.6 Å². The third kappa shape index (κ3) is 2.21. The molecule has 90 valence electrons. The molecule has 1 N–H and O–H groups in total. The van der Waals surface area contributed by atoms with E-state index in [0.29, 0.717) is 6.04 Å². The molecule has 2 rings (SSSR count). The van der Waals surface area contributed by atoms with Crippen molar-refractivity contribution in [3.8, 4) is 0 Å². The third-order valence-electron chi connectivity index (χ3n) is 3.61. The molecule has 2 atom stereocenters. The standard InChI is InChI=1S/C12H21N3S/c1-4-11-13-14-12(16)15(11)10-6-8(2)5-9(3)7-10/h8-10H,4-7H2,1-3H3,(H,14,16). The summed E-state index contributed by atoms with van der Waals surface area (Å²) in [6.45, 7) is 6.83. The molecule has 0 aliphatic heterocycles. The zero-order valence-corrected chi connectivity index (χ0v) is 11.2. The van der Waals surface area contributed by atoms with Crippen LogP contribution >= 0.6 is 12.2 Å². The van der Waals surface area contributed by atoms with Crippen molar-refractivity contribution in [2.24, 2.45) is 11.8 Å². The van der Waals surface area contributed by atoms with Gasteiger partial charge in [-0.2, -0.15) is 5.10 Å². The predicted octanol–water partition coefficient (Wildman–Crippen LogP) is 3.50. The summed E-state index contributed by atoms with van der Waals surface area (Å²) in [4.78, 5) is 0. The van der Waals surface area contributed by atoms with Gasteiger partial charge in [0.15, 0.2) is 4.77 Å². The Labute approximate surface area is 102 Å². The highest BCUT2D eigenvalue weighted by Gasteiger charge is 2.26. The van der Waals surface area contributed by atoms with Crippen molar-refractivity contribution < 1.29 is 0 Å². The van der Waals surface area contributed by atoms with Gasteiger partial charge in [0.1, 0.15) is 5.82 Å². The molecule has 0 amide bonds. The molecule has 2 unspecified atom stereocenters. The average molecular weight is 239 g/mol. The van der Waals surface area contributed by atoms with E-state index in [1.165, 1.54) is 19.3 Å². The zero-order chi connectivity index (χ0) is 11.7. The van der Waals surface area contributed by atoms with Gasteiger partial charge in [-0.1, -0.05) is 20.8 Å². The molecular weight excluding hydrogens is 218 g/mol. The van der Waals surface area contributed by atoms with Crippen LogP contribution < -0.4 is 0 Å². The van der Waals surface area contributed by atoms with E-state index in [9.17, 15) is 0 Å². The number of nitrogens with zero attached hydrogens (tertiary/aromatic N) is 2. The fourth-order valence-electron chi connectivity index (χ4n) is 3.08. The number of nitrogens with one attached hydrogen (secondary N) is 1. The summed E-state index contributed by atoms with van der Waals surface area (Å²) in [5.74, 6) is 2.71. The number of hydrogen-bond acceptors (Lipinski definition) is 2. The van der Waals surface area contributed by atoms with Crippen LogP contribution in [0.1, 0.15) is 51.9 Å². The van der Waals surface area contributed by atoms with Crippen molar-refractivity contribution in [2.75, 3.05) is 0 Å². The molecule has 4 heteroatoms. The number of H-pyrrole nitrogens is 1. The van der Waals surface area contributed by atoms with E-state index in [4.69, 9.17) is 12.2 Å². The van der Waals surface area contributed by atoms with Gasteiger partial charge in [0.2, 0.25) is 0 Å². The average Bonchev–Trinajstić information content (AvgIpc) is 2.58. The first-order valence-corrected chi connectivity index (χ1v) is 6.68. The van der Waals surface area contributed by atoms with Crippen molar-refractivity contribution in [3.05, 3.63) is 10.6 Å². The molecule has 0 spiro atoms. The second-order valence-electron chi connectivity index (χ2n) is 5.24. The van der Waals surface area contributed by atoms with Gasteiger partial charge in [0.25, 0.3) is 0 Å². The Balaban J connectivity index is 2.29. The summed E-state index contributed by atoms with van der Waals surface area (Å²) in [6, 6.07) is 0.556. The highest BCUT2D eigenvalue weighted by atomic mass is 32.1. The lowest BCUT2D eigenvalue weighted by atomic mass is 9.80.